The van der Waals surface area contributed by atoms with E-state index in [0.717, 1.165) is 12.8 Å². The first-order valence-corrected chi connectivity index (χ1v) is 6.00. The van der Waals surface area contributed by atoms with Crippen LogP contribution in [0.15, 0.2) is 0 Å². The van der Waals surface area contributed by atoms with Crippen molar-refractivity contribution in [2.24, 2.45) is 5.92 Å². The maximum Gasteiger partial charge on any atom is 0.225 e. The van der Waals surface area contributed by atoms with E-state index in [4.69, 9.17) is 0 Å². The Morgan fingerprint density at radius 2 is 1.80 bits per heavy atom. The van der Waals surface area contributed by atoms with Crippen LogP contribution in [0.1, 0.15) is 39.5 Å². The summed E-state index contributed by atoms with van der Waals surface area (Å²) in [7, 11) is 3.97. The first-order chi connectivity index (χ1) is 7.06. The summed E-state index contributed by atoms with van der Waals surface area (Å²) in [6, 6.07) is 1.12. The van der Waals surface area contributed by atoms with Gasteiger partial charge in [0.25, 0.3) is 0 Å². The highest BCUT2D eigenvalue weighted by Crippen LogP contribution is 2.23. The summed E-state index contributed by atoms with van der Waals surface area (Å²) in [4.78, 5) is 13.8. The van der Waals surface area contributed by atoms with E-state index in [0.29, 0.717) is 12.1 Å². The van der Waals surface area contributed by atoms with E-state index in [1.54, 1.807) is 0 Å². The minimum atomic E-state index is 0.122. The molecular formula is C12H24N2O. The molecule has 0 spiro atoms. The minimum absolute atomic E-state index is 0.122. The summed E-state index contributed by atoms with van der Waals surface area (Å²) in [6.07, 6.45) is 4.66. The lowest BCUT2D eigenvalue weighted by Gasteiger charge is -2.35. The van der Waals surface area contributed by atoms with Crippen molar-refractivity contribution in [2.45, 2.75) is 51.6 Å². The van der Waals surface area contributed by atoms with Crippen molar-refractivity contribution in [3.63, 3.8) is 0 Å². The SMILES string of the molecule is CNC1CCC(N(C)C(=O)C(C)C)CC1. The van der Waals surface area contributed by atoms with E-state index in [2.05, 4.69) is 5.32 Å². The molecule has 3 heteroatoms. The molecule has 0 aliphatic heterocycles. The lowest BCUT2D eigenvalue weighted by atomic mass is 9.90. The molecule has 1 amide bonds. The molecule has 1 saturated carbocycles. The standard InChI is InChI=1S/C12H24N2O/c1-9(2)12(15)14(4)11-7-5-10(13-3)6-8-11/h9-11,13H,5-8H2,1-4H3. The molecule has 0 radical (unpaired) electrons. The second kappa shape index (κ2) is 5.50. The van der Waals surface area contributed by atoms with Gasteiger partial charge in [-0.2, -0.15) is 0 Å². The molecule has 1 aliphatic carbocycles. The van der Waals surface area contributed by atoms with Crippen LogP contribution in [0.4, 0.5) is 0 Å². The number of rotatable bonds is 3. The Hall–Kier alpha value is -0.570. The minimum Gasteiger partial charge on any atom is -0.343 e. The van der Waals surface area contributed by atoms with Gasteiger partial charge in [-0.05, 0) is 32.7 Å². The van der Waals surface area contributed by atoms with Gasteiger partial charge in [0.05, 0.1) is 0 Å². The fourth-order valence-electron chi connectivity index (χ4n) is 2.34. The zero-order valence-electron chi connectivity index (χ0n) is 10.4. The number of hydrogen-bond acceptors (Lipinski definition) is 2. The fourth-order valence-corrected chi connectivity index (χ4v) is 2.34. The average Bonchev–Trinajstić information content (AvgIpc) is 2.27. The van der Waals surface area contributed by atoms with Crippen molar-refractivity contribution < 1.29 is 4.79 Å². The van der Waals surface area contributed by atoms with E-state index < -0.39 is 0 Å². The third-order valence-electron chi connectivity index (χ3n) is 3.49. The Kier molecular flexibility index (Phi) is 4.58. The Labute approximate surface area is 93.2 Å². The molecule has 15 heavy (non-hydrogen) atoms. The predicted octanol–water partition coefficient (Wildman–Crippen LogP) is 1.63. The Bertz CT molecular complexity index is 208. The van der Waals surface area contributed by atoms with Gasteiger partial charge in [0.15, 0.2) is 0 Å². The molecule has 1 N–H and O–H groups in total. The molecule has 1 fully saturated rings. The fraction of sp³-hybridized carbons (Fsp3) is 0.917. The van der Waals surface area contributed by atoms with E-state index in [-0.39, 0.29) is 11.8 Å². The van der Waals surface area contributed by atoms with Gasteiger partial charge in [-0.15, -0.1) is 0 Å². The van der Waals surface area contributed by atoms with Gasteiger partial charge >= 0.3 is 0 Å². The number of hydrogen-bond donors (Lipinski definition) is 1. The van der Waals surface area contributed by atoms with Crippen molar-refractivity contribution in [3.05, 3.63) is 0 Å². The van der Waals surface area contributed by atoms with Gasteiger partial charge in [-0.3, -0.25) is 4.79 Å². The molecule has 1 rings (SSSR count). The van der Waals surface area contributed by atoms with Crippen LogP contribution in [-0.4, -0.2) is 37.0 Å². The topological polar surface area (TPSA) is 32.3 Å². The van der Waals surface area contributed by atoms with Gasteiger partial charge < -0.3 is 10.2 Å². The van der Waals surface area contributed by atoms with Gasteiger partial charge in [0.1, 0.15) is 0 Å². The van der Waals surface area contributed by atoms with Crippen molar-refractivity contribution >= 4 is 5.91 Å². The van der Waals surface area contributed by atoms with E-state index >= 15 is 0 Å². The number of nitrogens with zero attached hydrogens (tertiary/aromatic N) is 1. The van der Waals surface area contributed by atoms with Crippen molar-refractivity contribution in [2.75, 3.05) is 14.1 Å². The largest absolute Gasteiger partial charge is 0.343 e. The highest BCUT2D eigenvalue weighted by molar-refractivity contribution is 5.78. The van der Waals surface area contributed by atoms with Crippen molar-refractivity contribution in [1.29, 1.82) is 0 Å². The van der Waals surface area contributed by atoms with Gasteiger partial charge in [-0.25, -0.2) is 0 Å². The number of amides is 1. The van der Waals surface area contributed by atoms with E-state index in [1.807, 2.05) is 32.8 Å². The van der Waals surface area contributed by atoms with Gasteiger partial charge in [0, 0.05) is 25.0 Å². The quantitative estimate of drug-likeness (QED) is 0.771. The third-order valence-corrected chi connectivity index (χ3v) is 3.49. The second-order valence-electron chi connectivity index (χ2n) is 4.90. The molecule has 0 bridgehead atoms. The van der Waals surface area contributed by atoms with Crippen molar-refractivity contribution in [1.82, 2.24) is 10.2 Å². The molecule has 0 aromatic carbocycles. The molecule has 0 aromatic heterocycles. The number of carbonyl (C=O) groups is 1. The smallest absolute Gasteiger partial charge is 0.225 e. The molecule has 0 aromatic rings. The molecule has 0 heterocycles. The molecular weight excluding hydrogens is 188 g/mol. The summed E-state index contributed by atoms with van der Waals surface area (Å²) < 4.78 is 0. The summed E-state index contributed by atoms with van der Waals surface area (Å²) in [5.41, 5.74) is 0. The zero-order valence-corrected chi connectivity index (χ0v) is 10.4. The van der Waals surface area contributed by atoms with Crippen LogP contribution in [0.5, 0.6) is 0 Å². The maximum atomic E-state index is 11.8. The van der Waals surface area contributed by atoms with Gasteiger partial charge in [-0.1, -0.05) is 13.8 Å². The molecule has 0 atom stereocenters. The van der Waals surface area contributed by atoms with Crippen LogP contribution in [0, 0.1) is 5.92 Å². The summed E-state index contributed by atoms with van der Waals surface area (Å²) in [5.74, 6) is 0.403. The highest BCUT2D eigenvalue weighted by atomic mass is 16.2. The van der Waals surface area contributed by atoms with Gasteiger partial charge in [0.2, 0.25) is 5.91 Å². The Balaban J connectivity index is 2.42. The molecule has 3 nitrogen and oxygen atoms in total. The van der Waals surface area contributed by atoms with E-state index in [1.165, 1.54) is 12.8 Å². The van der Waals surface area contributed by atoms with Crippen molar-refractivity contribution in [3.8, 4) is 0 Å². The van der Waals surface area contributed by atoms with Crippen LogP contribution in [-0.2, 0) is 4.79 Å². The van der Waals surface area contributed by atoms with Crippen LogP contribution in [0.3, 0.4) is 0 Å². The summed E-state index contributed by atoms with van der Waals surface area (Å²) >= 11 is 0. The lowest BCUT2D eigenvalue weighted by Crippen LogP contribution is -2.43. The maximum absolute atomic E-state index is 11.8. The Morgan fingerprint density at radius 1 is 1.27 bits per heavy atom. The zero-order chi connectivity index (χ0) is 11.4. The number of carbonyl (C=O) groups excluding carboxylic acids is 1. The molecule has 1 aliphatic rings. The van der Waals surface area contributed by atoms with Crippen LogP contribution < -0.4 is 5.32 Å². The van der Waals surface area contributed by atoms with Crippen LogP contribution in [0.25, 0.3) is 0 Å². The van der Waals surface area contributed by atoms with Crippen LogP contribution in [0.2, 0.25) is 0 Å². The number of nitrogens with one attached hydrogen (secondary N) is 1. The summed E-state index contributed by atoms with van der Waals surface area (Å²) in [5, 5.41) is 3.31. The summed E-state index contributed by atoms with van der Waals surface area (Å²) in [6.45, 7) is 3.94. The normalized spacial score (nSPS) is 26.7. The molecule has 0 saturated heterocycles. The van der Waals surface area contributed by atoms with E-state index in [9.17, 15) is 4.79 Å². The lowest BCUT2D eigenvalue weighted by molar-refractivity contribution is -0.135. The third kappa shape index (κ3) is 3.20. The first kappa shape index (κ1) is 12.5. The highest BCUT2D eigenvalue weighted by Gasteiger charge is 2.26. The molecule has 0 unspecified atom stereocenters. The first-order valence-electron chi connectivity index (χ1n) is 6.00. The monoisotopic (exact) mass is 212 g/mol. The molecule has 88 valence electrons. The predicted molar refractivity (Wildman–Crippen MR) is 62.7 cm³/mol. The average molecular weight is 212 g/mol. The Morgan fingerprint density at radius 3 is 2.20 bits per heavy atom. The van der Waals surface area contributed by atoms with Crippen LogP contribution >= 0.6 is 0 Å². The second-order valence-corrected chi connectivity index (χ2v) is 4.90.